The Hall–Kier alpha value is -3.34. The SMILES string of the molecule is COc1ccc(F)c(-c2ccc(COc3cccc([C@H](CC(=O)O)CC4CC4)c3)cc2[C@@H]2CCC[C@@H]2C)c1. The van der Waals surface area contributed by atoms with Crippen LogP contribution >= 0.6 is 0 Å². The molecule has 2 fully saturated rings. The number of hydrogen-bond acceptors (Lipinski definition) is 3. The quantitative estimate of drug-likeness (QED) is 0.278. The molecule has 2 aliphatic rings. The Morgan fingerprint density at radius 3 is 2.55 bits per heavy atom. The maximum atomic E-state index is 15.0. The number of rotatable bonds is 11. The van der Waals surface area contributed by atoms with Gasteiger partial charge in [0.15, 0.2) is 0 Å². The lowest BCUT2D eigenvalue weighted by Crippen LogP contribution is -2.08. The molecule has 0 spiro atoms. The number of carbonyl (C=O) groups is 1. The van der Waals surface area contributed by atoms with Crippen molar-refractivity contribution in [2.24, 2.45) is 11.8 Å². The van der Waals surface area contributed by atoms with Crippen molar-refractivity contribution in [3.05, 3.63) is 83.2 Å². The van der Waals surface area contributed by atoms with Crippen molar-refractivity contribution in [3.63, 3.8) is 0 Å². The summed E-state index contributed by atoms with van der Waals surface area (Å²) < 4.78 is 26.6. The Labute approximate surface area is 224 Å². The van der Waals surface area contributed by atoms with Crippen molar-refractivity contribution in [2.45, 2.75) is 70.3 Å². The standard InChI is InChI=1S/C33H37FO4/c1-21-5-3-8-28(21)30-16-23(11-13-29(30)31-19-26(37-2)12-14-32(31)34)20-38-27-7-4-6-24(17-27)25(18-33(35)36)15-22-9-10-22/h4,6-7,11-14,16-17,19,21-22,25,28H,3,5,8-10,15,18,20H2,1-2H3,(H,35,36)/t21-,25-,28+/m0/s1. The van der Waals surface area contributed by atoms with Crippen molar-refractivity contribution < 1.29 is 23.8 Å². The lowest BCUT2D eigenvalue weighted by atomic mass is 9.84. The van der Waals surface area contributed by atoms with Crippen LogP contribution in [0.2, 0.25) is 0 Å². The Morgan fingerprint density at radius 2 is 1.84 bits per heavy atom. The van der Waals surface area contributed by atoms with Gasteiger partial charge in [-0.2, -0.15) is 0 Å². The van der Waals surface area contributed by atoms with Gasteiger partial charge >= 0.3 is 5.97 Å². The highest BCUT2D eigenvalue weighted by molar-refractivity contribution is 5.71. The molecule has 0 aliphatic heterocycles. The van der Waals surface area contributed by atoms with E-state index in [0.717, 1.165) is 35.3 Å². The van der Waals surface area contributed by atoms with Crippen LogP contribution in [0.25, 0.3) is 11.1 Å². The molecular weight excluding hydrogens is 479 g/mol. The molecule has 3 aromatic rings. The van der Waals surface area contributed by atoms with Gasteiger partial charge in [0, 0.05) is 5.56 Å². The minimum absolute atomic E-state index is 0.0102. The van der Waals surface area contributed by atoms with Crippen LogP contribution in [0.1, 0.15) is 80.4 Å². The van der Waals surface area contributed by atoms with E-state index in [2.05, 4.69) is 13.0 Å². The molecule has 200 valence electrons. The molecule has 0 bridgehead atoms. The van der Waals surface area contributed by atoms with E-state index < -0.39 is 5.97 Å². The van der Waals surface area contributed by atoms with Crippen LogP contribution in [0.5, 0.6) is 11.5 Å². The second-order valence-corrected chi connectivity index (χ2v) is 11.1. The highest BCUT2D eigenvalue weighted by atomic mass is 19.1. The molecule has 38 heavy (non-hydrogen) atoms. The van der Waals surface area contributed by atoms with Crippen LogP contribution in [0.3, 0.4) is 0 Å². The van der Waals surface area contributed by atoms with Crippen molar-refractivity contribution in [2.75, 3.05) is 7.11 Å². The summed E-state index contributed by atoms with van der Waals surface area (Å²) in [6.45, 7) is 2.68. The van der Waals surface area contributed by atoms with Crippen molar-refractivity contribution in [1.29, 1.82) is 0 Å². The van der Waals surface area contributed by atoms with E-state index in [1.807, 2.05) is 36.4 Å². The molecular formula is C33H37FO4. The first-order chi connectivity index (χ1) is 18.4. The minimum atomic E-state index is -0.761. The van der Waals surface area contributed by atoms with Gasteiger partial charge in [0.2, 0.25) is 0 Å². The highest BCUT2D eigenvalue weighted by Gasteiger charge is 2.29. The summed E-state index contributed by atoms with van der Waals surface area (Å²) in [6.07, 6.45) is 6.91. The number of halogens is 1. The summed E-state index contributed by atoms with van der Waals surface area (Å²) in [4.78, 5) is 11.5. The first kappa shape index (κ1) is 26.3. The molecule has 3 aromatic carbocycles. The number of ether oxygens (including phenoxy) is 2. The predicted molar refractivity (Wildman–Crippen MR) is 147 cm³/mol. The van der Waals surface area contributed by atoms with Gasteiger partial charge in [0.1, 0.15) is 23.9 Å². The largest absolute Gasteiger partial charge is 0.497 e. The molecule has 0 unspecified atom stereocenters. The molecule has 5 rings (SSSR count). The normalized spacial score (nSPS) is 19.8. The Kier molecular flexibility index (Phi) is 8.01. The molecule has 0 amide bonds. The van der Waals surface area contributed by atoms with Crippen molar-refractivity contribution in [1.82, 2.24) is 0 Å². The fourth-order valence-electron chi connectivity index (χ4n) is 6.03. The average molecular weight is 517 g/mol. The molecule has 0 aromatic heterocycles. The van der Waals surface area contributed by atoms with Gasteiger partial charge in [-0.25, -0.2) is 4.39 Å². The summed E-state index contributed by atoms with van der Waals surface area (Å²) in [5.74, 6) is 1.94. The third-order valence-corrected chi connectivity index (χ3v) is 8.31. The van der Waals surface area contributed by atoms with E-state index in [1.54, 1.807) is 19.2 Å². The lowest BCUT2D eigenvalue weighted by molar-refractivity contribution is -0.137. The van der Waals surface area contributed by atoms with Crippen LogP contribution < -0.4 is 9.47 Å². The second-order valence-electron chi connectivity index (χ2n) is 11.1. The number of benzene rings is 3. The third kappa shape index (κ3) is 6.20. The molecule has 2 saturated carbocycles. The molecule has 1 N–H and O–H groups in total. The predicted octanol–water partition coefficient (Wildman–Crippen LogP) is 8.34. The monoisotopic (exact) mass is 516 g/mol. The maximum absolute atomic E-state index is 15.0. The van der Waals surface area contributed by atoms with Crippen LogP contribution in [-0.4, -0.2) is 18.2 Å². The molecule has 0 radical (unpaired) electrons. The van der Waals surface area contributed by atoms with Crippen LogP contribution in [0, 0.1) is 17.7 Å². The van der Waals surface area contributed by atoms with E-state index in [-0.39, 0.29) is 18.2 Å². The molecule has 5 heteroatoms. The summed E-state index contributed by atoms with van der Waals surface area (Å²) in [5.41, 5.74) is 4.72. The fraction of sp³-hybridized carbons (Fsp3) is 0.424. The molecule has 3 atom stereocenters. The zero-order valence-corrected chi connectivity index (χ0v) is 22.3. The summed E-state index contributed by atoms with van der Waals surface area (Å²) in [7, 11) is 1.60. The molecule has 2 aliphatic carbocycles. The van der Waals surface area contributed by atoms with E-state index in [0.29, 0.717) is 35.7 Å². The maximum Gasteiger partial charge on any atom is 0.303 e. The second kappa shape index (κ2) is 11.6. The number of methoxy groups -OCH3 is 1. The van der Waals surface area contributed by atoms with Crippen LogP contribution in [0.15, 0.2) is 60.7 Å². The molecule has 0 heterocycles. The van der Waals surface area contributed by atoms with Crippen molar-refractivity contribution >= 4 is 5.97 Å². The average Bonchev–Trinajstić information content (AvgIpc) is 3.64. The van der Waals surface area contributed by atoms with Gasteiger partial charge in [-0.15, -0.1) is 0 Å². The van der Waals surface area contributed by atoms with Gasteiger partial charge in [-0.1, -0.05) is 62.9 Å². The highest BCUT2D eigenvalue weighted by Crippen LogP contribution is 2.44. The van der Waals surface area contributed by atoms with E-state index in [4.69, 9.17) is 9.47 Å². The van der Waals surface area contributed by atoms with E-state index >= 15 is 0 Å². The summed E-state index contributed by atoms with van der Waals surface area (Å²) in [6, 6.07) is 19.0. The Morgan fingerprint density at radius 1 is 1.00 bits per heavy atom. The lowest BCUT2D eigenvalue weighted by Gasteiger charge is -2.22. The minimum Gasteiger partial charge on any atom is -0.497 e. The zero-order chi connectivity index (χ0) is 26.6. The molecule has 4 nitrogen and oxygen atoms in total. The van der Waals surface area contributed by atoms with E-state index in [1.165, 1.54) is 37.3 Å². The molecule has 0 saturated heterocycles. The summed E-state index contributed by atoms with van der Waals surface area (Å²) >= 11 is 0. The van der Waals surface area contributed by atoms with E-state index in [9.17, 15) is 14.3 Å². The number of aliphatic carboxylic acids is 1. The number of carboxylic acids is 1. The Balaban J connectivity index is 1.39. The van der Waals surface area contributed by atoms with Gasteiger partial charge in [-0.05, 0) is 89.1 Å². The smallest absolute Gasteiger partial charge is 0.303 e. The van der Waals surface area contributed by atoms with Gasteiger partial charge in [0.05, 0.1) is 13.5 Å². The number of hydrogen-bond donors (Lipinski definition) is 1. The topological polar surface area (TPSA) is 55.8 Å². The third-order valence-electron chi connectivity index (χ3n) is 8.31. The zero-order valence-electron chi connectivity index (χ0n) is 22.3. The number of carboxylic acid groups (broad SMARTS) is 1. The Bertz CT molecular complexity index is 1280. The van der Waals surface area contributed by atoms with Crippen LogP contribution in [-0.2, 0) is 11.4 Å². The first-order valence-corrected chi connectivity index (χ1v) is 13.8. The van der Waals surface area contributed by atoms with Gasteiger partial charge < -0.3 is 14.6 Å². The fourth-order valence-corrected chi connectivity index (χ4v) is 6.03. The van der Waals surface area contributed by atoms with Crippen molar-refractivity contribution in [3.8, 4) is 22.6 Å². The van der Waals surface area contributed by atoms with Gasteiger partial charge in [-0.3, -0.25) is 4.79 Å². The summed E-state index contributed by atoms with van der Waals surface area (Å²) in [5, 5.41) is 9.42. The first-order valence-electron chi connectivity index (χ1n) is 13.8. The van der Waals surface area contributed by atoms with Gasteiger partial charge in [0.25, 0.3) is 0 Å². The van der Waals surface area contributed by atoms with Crippen LogP contribution in [0.4, 0.5) is 4.39 Å².